The van der Waals surface area contributed by atoms with Crippen LogP contribution in [0.25, 0.3) is 0 Å². The molecule has 1 aliphatic heterocycles. The zero-order chi connectivity index (χ0) is 15.5. The van der Waals surface area contributed by atoms with Gasteiger partial charge in [0, 0.05) is 11.8 Å². The standard InChI is InChI=1S/C18H21FN2O/c1-3-13(2)16-12-22-18(20-16)17-9-6-10-21(17)11-14-7-4-5-8-15(14)19/h4-10,13,16H,3,11-12H2,1-2H3/t13-,16-/m1/s1. The van der Waals surface area contributed by atoms with Gasteiger partial charge in [0.1, 0.15) is 18.1 Å². The first-order chi connectivity index (χ1) is 10.7. The minimum atomic E-state index is -0.186. The van der Waals surface area contributed by atoms with Gasteiger partial charge in [0.2, 0.25) is 5.90 Å². The van der Waals surface area contributed by atoms with E-state index in [4.69, 9.17) is 9.73 Å². The van der Waals surface area contributed by atoms with E-state index in [0.717, 1.165) is 12.1 Å². The quantitative estimate of drug-likeness (QED) is 0.823. The van der Waals surface area contributed by atoms with Crippen molar-refractivity contribution in [1.29, 1.82) is 0 Å². The average molecular weight is 300 g/mol. The Balaban J connectivity index is 1.83. The first kappa shape index (κ1) is 14.8. The van der Waals surface area contributed by atoms with Gasteiger partial charge in [0.25, 0.3) is 0 Å². The lowest BCUT2D eigenvalue weighted by molar-refractivity contribution is 0.281. The molecule has 0 saturated heterocycles. The average Bonchev–Trinajstić information content (AvgIpc) is 3.17. The van der Waals surface area contributed by atoms with Gasteiger partial charge in [-0.15, -0.1) is 0 Å². The van der Waals surface area contributed by atoms with Crippen molar-refractivity contribution < 1.29 is 9.13 Å². The Bertz CT molecular complexity index is 677. The summed E-state index contributed by atoms with van der Waals surface area (Å²) in [6.45, 7) is 5.47. The zero-order valence-electron chi connectivity index (χ0n) is 13.0. The van der Waals surface area contributed by atoms with E-state index < -0.39 is 0 Å². The maximum atomic E-state index is 13.8. The van der Waals surface area contributed by atoms with Crippen LogP contribution in [0.2, 0.25) is 0 Å². The summed E-state index contributed by atoms with van der Waals surface area (Å²) in [5.41, 5.74) is 1.58. The molecule has 0 amide bonds. The number of rotatable bonds is 5. The van der Waals surface area contributed by atoms with Crippen molar-refractivity contribution in [2.75, 3.05) is 6.61 Å². The number of ether oxygens (including phenoxy) is 1. The molecule has 3 rings (SSSR count). The molecule has 116 valence electrons. The zero-order valence-corrected chi connectivity index (χ0v) is 13.0. The molecule has 0 radical (unpaired) electrons. The van der Waals surface area contributed by atoms with Gasteiger partial charge in [-0.2, -0.15) is 0 Å². The Morgan fingerprint density at radius 1 is 1.32 bits per heavy atom. The first-order valence-electron chi connectivity index (χ1n) is 7.78. The van der Waals surface area contributed by atoms with Crippen molar-refractivity contribution in [3.63, 3.8) is 0 Å². The summed E-state index contributed by atoms with van der Waals surface area (Å²) in [5.74, 6) is 0.994. The smallest absolute Gasteiger partial charge is 0.233 e. The first-order valence-corrected chi connectivity index (χ1v) is 7.78. The fourth-order valence-electron chi connectivity index (χ4n) is 2.65. The lowest BCUT2D eigenvalue weighted by Gasteiger charge is -2.11. The molecular formula is C18H21FN2O. The van der Waals surface area contributed by atoms with Crippen LogP contribution in [0.3, 0.4) is 0 Å². The van der Waals surface area contributed by atoms with Gasteiger partial charge in [0.05, 0.1) is 12.6 Å². The van der Waals surface area contributed by atoms with Crippen molar-refractivity contribution in [2.24, 2.45) is 10.9 Å². The van der Waals surface area contributed by atoms with Crippen LogP contribution in [-0.4, -0.2) is 23.1 Å². The van der Waals surface area contributed by atoms with Crippen LogP contribution in [0.1, 0.15) is 31.5 Å². The third-order valence-corrected chi connectivity index (χ3v) is 4.32. The predicted octanol–water partition coefficient (Wildman–Crippen LogP) is 3.87. The topological polar surface area (TPSA) is 26.5 Å². The molecule has 3 nitrogen and oxygen atoms in total. The largest absolute Gasteiger partial charge is 0.474 e. The summed E-state index contributed by atoms with van der Waals surface area (Å²) >= 11 is 0. The Hall–Kier alpha value is -2.10. The maximum absolute atomic E-state index is 13.8. The highest BCUT2D eigenvalue weighted by molar-refractivity contribution is 5.93. The van der Waals surface area contributed by atoms with E-state index in [0.29, 0.717) is 30.5 Å². The Kier molecular flexibility index (Phi) is 4.27. The van der Waals surface area contributed by atoms with Crippen LogP contribution in [0.5, 0.6) is 0 Å². The van der Waals surface area contributed by atoms with Crippen LogP contribution in [0, 0.1) is 11.7 Å². The number of benzene rings is 1. The summed E-state index contributed by atoms with van der Waals surface area (Å²) in [5, 5.41) is 0. The molecule has 1 aromatic heterocycles. The van der Waals surface area contributed by atoms with Crippen molar-refractivity contribution in [1.82, 2.24) is 4.57 Å². The summed E-state index contributed by atoms with van der Waals surface area (Å²) in [6, 6.07) is 11.0. The number of aliphatic imine (C=N–C) groups is 1. The van der Waals surface area contributed by atoms with E-state index >= 15 is 0 Å². The van der Waals surface area contributed by atoms with E-state index in [2.05, 4.69) is 13.8 Å². The van der Waals surface area contributed by atoms with Crippen LogP contribution in [0.15, 0.2) is 47.6 Å². The molecule has 0 saturated carbocycles. The molecule has 2 heterocycles. The molecule has 22 heavy (non-hydrogen) atoms. The normalized spacial score (nSPS) is 18.9. The number of aromatic nitrogens is 1. The second-order valence-corrected chi connectivity index (χ2v) is 5.81. The van der Waals surface area contributed by atoms with Crippen molar-refractivity contribution in [3.8, 4) is 0 Å². The molecule has 2 aromatic rings. The molecule has 2 atom stereocenters. The molecule has 1 aromatic carbocycles. The minimum Gasteiger partial charge on any atom is -0.474 e. The second kappa shape index (κ2) is 6.34. The van der Waals surface area contributed by atoms with Crippen LogP contribution >= 0.6 is 0 Å². The predicted molar refractivity (Wildman–Crippen MR) is 85.7 cm³/mol. The maximum Gasteiger partial charge on any atom is 0.233 e. The summed E-state index contributed by atoms with van der Waals surface area (Å²) in [7, 11) is 0. The fraction of sp³-hybridized carbons (Fsp3) is 0.389. The van der Waals surface area contributed by atoms with Gasteiger partial charge in [-0.3, -0.25) is 0 Å². The number of hydrogen-bond acceptors (Lipinski definition) is 2. The Labute approximate surface area is 130 Å². The van der Waals surface area contributed by atoms with Gasteiger partial charge in [-0.1, -0.05) is 38.5 Å². The number of hydrogen-bond donors (Lipinski definition) is 0. The summed E-state index contributed by atoms with van der Waals surface area (Å²) < 4.78 is 21.6. The molecule has 4 heteroatoms. The molecule has 0 fully saturated rings. The number of halogens is 1. The SMILES string of the molecule is CC[C@@H](C)[C@H]1COC(c2cccn2Cc2ccccc2F)=N1. The van der Waals surface area contributed by atoms with Gasteiger partial charge in [0.15, 0.2) is 0 Å². The van der Waals surface area contributed by atoms with E-state index in [1.54, 1.807) is 12.1 Å². The highest BCUT2D eigenvalue weighted by Gasteiger charge is 2.25. The molecule has 0 aliphatic carbocycles. The molecule has 0 N–H and O–H groups in total. The van der Waals surface area contributed by atoms with Crippen molar-refractivity contribution in [3.05, 3.63) is 59.7 Å². The van der Waals surface area contributed by atoms with Gasteiger partial charge >= 0.3 is 0 Å². The van der Waals surface area contributed by atoms with E-state index in [-0.39, 0.29) is 11.9 Å². The van der Waals surface area contributed by atoms with E-state index in [1.165, 1.54) is 6.07 Å². The monoisotopic (exact) mass is 300 g/mol. The van der Waals surface area contributed by atoms with Crippen LogP contribution < -0.4 is 0 Å². The minimum absolute atomic E-state index is 0.186. The van der Waals surface area contributed by atoms with Crippen molar-refractivity contribution >= 4 is 5.90 Å². The third kappa shape index (κ3) is 2.91. The highest BCUT2D eigenvalue weighted by Crippen LogP contribution is 2.21. The summed E-state index contributed by atoms with van der Waals surface area (Å²) in [6.07, 6.45) is 3.02. The molecule has 0 bridgehead atoms. The fourth-order valence-corrected chi connectivity index (χ4v) is 2.65. The summed E-state index contributed by atoms with van der Waals surface area (Å²) in [4.78, 5) is 4.71. The molecule has 1 aliphatic rings. The number of nitrogens with zero attached hydrogens (tertiary/aromatic N) is 2. The van der Waals surface area contributed by atoms with Crippen molar-refractivity contribution in [2.45, 2.75) is 32.9 Å². The van der Waals surface area contributed by atoms with Gasteiger partial charge in [-0.25, -0.2) is 9.38 Å². The molecule has 0 unspecified atom stereocenters. The third-order valence-electron chi connectivity index (χ3n) is 4.32. The van der Waals surface area contributed by atoms with Gasteiger partial charge < -0.3 is 9.30 Å². The van der Waals surface area contributed by atoms with Crippen LogP contribution in [0.4, 0.5) is 4.39 Å². The second-order valence-electron chi connectivity index (χ2n) is 5.81. The van der Waals surface area contributed by atoms with Gasteiger partial charge in [-0.05, 0) is 24.1 Å². The van der Waals surface area contributed by atoms with E-state index in [1.807, 2.05) is 29.0 Å². The Morgan fingerprint density at radius 2 is 2.14 bits per heavy atom. The molecule has 0 spiro atoms. The van der Waals surface area contributed by atoms with Crippen LogP contribution in [-0.2, 0) is 11.3 Å². The Morgan fingerprint density at radius 3 is 2.91 bits per heavy atom. The lowest BCUT2D eigenvalue weighted by Crippen LogP contribution is -2.16. The molecular weight excluding hydrogens is 279 g/mol. The van der Waals surface area contributed by atoms with E-state index in [9.17, 15) is 4.39 Å². The highest BCUT2D eigenvalue weighted by atomic mass is 19.1. The lowest BCUT2D eigenvalue weighted by atomic mass is 10.0.